The third-order valence-corrected chi connectivity index (χ3v) is 4.62. The minimum atomic E-state index is -0.813. The maximum Gasteiger partial charge on any atom is 0.319 e. The van der Waals surface area contributed by atoms with Crippen LogP contribution in [0.3, 0.4) is 0 Å². The van der Waals surface area contributed by atoms with E-state index in [0.717, 1.165) is 12.0 Å². The quantitative estimate of drug-likeness (QED) is 0.530. The number of hydrogen-bond acceptors (Lipinski definition) is 2. The van der Waals surface area contributed by atoms with Gasteiger partial charge in [0.1, 0.15) is 11.9 Å². The second kappa shape index (κ2) is 10.2. The van der Waals surface area contributed by atoms with Crippen LogP contribution in [0.1, 0.15) is 18.1 Å². The molecule has 3 rings (SSSR count). The van der Waals surface area contributed by atoms with Gasteiger partial charge in [-0.3, -0.25) is 4.79 Å². The Balaban J connectivity index is 1.71. The van der Waals surface area contributed by atoms with E-state index in [1.54, 1.807) is 6.07 Å². The maximum absolute atomic E-state index is 13.4. The molecule has 0 radical (unpaired) electrons. The molecule has 30 heavy (non-hydrogen) atoms. The lowest BCUT2D eigenvalue weighted by Crippen LogP contribution is -2.46. The summed E-state index contributed by atoms with van der Waals surface area (Å²) < 4.78 is 13.4. The number of carbonyl (C=O) groups excluding carboxylic acids is 2. The van der Waals surface area contributed by atoms with Gasteiger partial charge in [0.05, 0.1) is 0 Å². The smallest absolute Gasteiger partial charge is 0.319 e. The van der Waals surface area contributed by atoms with Gasteiger partial charge in [0.25, 0.3) is 0 Å². The number of amides is 3. The maximum atomic E-state index is 13.4. The Bertz CT molecular complexity index is 991. The highest BCUT2D eigenvalue weighted by molar-refractivity contribution is 5.99. The Kier molecular flexibility index (Phi) is 7.16. The number of benzene rings is 3. The molecule has 3 aromatic rings. The molecule has 0 aliphatic heterocycles. The molecule has 3 aromatic carbocycles. The average molecular weight is 405 g/mol. The van der Waals surface area contributed by atoms with Crippen molar-refractivity contribution in [1.82, 2.24) is 5.32 Å². The number of urea groups is 1. The van der Waals surface area contributed by atoms with Crippen molar-refractivity contribution >= 4 is 23.3 Å². The molecule has 0 spiro atoms. The fourth-order valence-electron chi connectivity index (χ4n) is 3.00. The van der Waals surface area contributed by atoms with Gasteiger partial charge >= 0.3 is 6.03 Å². The summed E-state index contributed by atoms with van der Waals surface area (Å²) in [6, 6.07) is 21.2. The minimum Gasteiger partial charge on any atom is -0.326 e. The van der Waals surface area contributed by atoms with E-state index in [2.05, 4.69) is 22.9 Å². The largest absolute Gasteiger partial charge is 0.326 e. The standard InChI is InChI=1S/C24H24FN3O2/c1-2-17-11-13-20(14-12-17)26-23(29)22(15-18-7-4-3-5-8-18)28-24(30)27-21-10-6-9-19(25)16-21/h3-14,16,22H,2,15H2,1H3,(H,26,29)(H2,27,28,30). The number of carbonyl (C=O) groups is 2. The van der Waals surface area contributed by atoms with Crippen LogP contribution in [0.5, 0.6) is 0 Å². The second-order valence-electron chi connectivity index (χ2n) is 6.89. The van der Waals surface area contributed by atoms with Crippen molar-refractivity contribution in [3.63, 3.8) is 0 Å². The van der Waals surface area contributed by atoms with Gasteiger partial charge in [0.2, 0.25) is 5.91 Å². The van der Waals surface area contributed by atoms with E-state index in [4.69, 9.17) is 0 Å². The number of nitrogens with one attached hydrogen (secondary N) is 3. The van der Waals surface area contributed by atoms with Crippen LogP contribution < -0.4 is 16.0 Å². The highest BCUT2D eigenvalue weighted by Crippen LogP contribution is 2.13. The van der Waals surface area contributed by atoms with Gasteiger partial charge in [-0.15, -0.1) is 0 Å². The van der Waals surface area contributed by atoms with E-state index in [9.17, 15) is 14.0 Å². The molecule has 3 amide bonds. The summed E-state index contributed by atoms with van der Waals surface area (Å²) in [7, 11) is 0. The molecule has 1 atom stereocenters. The predicted molar refractivity (Wildman–Crippen MR) is 117 cm³/mol. The molecule has 0 saturated heterocycles. The Morgan fingerprint density at radius 2 is 1.57 bits per heavy atom. The first-order valence-electron chi connectivity index (χ1n) is 9.80. The van der Waals surface area contributed by atoms with Crippen LogP contribution in [-0.2, 0) is 17.6 Å². The third-order valence-electron chi connectivity index (χ3n) is 4.62. The van der Waals surface area contributed by atoms with Crippen molar-refractivity contribution in [2.75, 3.05) is 10.6 Å². The van der Waals surface area contributed by atoms with Crippen LogP contribution in [0.25, 0.3) is 0 Å². The van der Waals surface area contributed by atoms with E-state index >= 15 is 0 Å². The van der Waals surface area contributed by atoms with Crippen LogP contribution in [0.15, 0.2) is 78.9 Å². The van der Waals surface area contributed by atoms with Crippen LogP contribution >= 0.6 is 0 Å². The van der Waals surface area contributed by atoms with Gasteiger partial charge in [-0.1, -0.05) is 55.5 Å². The van der Waals surface area contributed by atoms with Crippen molar-refractivity contribution in [2.24, 2.45) is 0 Å². The summed E-state index contributed by atoms with van der Waals surface area (Å²) in [5.41, 5.74) is 3.04. The zero-order valence-corrected chi connectivity index (χ0v) is 16.7. The van der Waals surface area contributed by atoms with E-state index in [-0.39, 0.29) is 5.91 Å². The molecular formula is C24H24FN3O2. The van der Waals surface area contributed by atoms with Gasteiger partial charge in [-0.05, 0) is 47.9 Å². The summed E-state index contributed by atoms with van der Waals surface area (Å²) in [4.78, 5) is 25.3. The van der Waals surface area contributed by atoms with Crippen LogP contribution in [0.2, 0.25) is 0 Å². The van der Waals surface area contributed by atoms with Crippen LogP contribution in [0, 0.1) is 5.82 Å². The van der Waals surface area contributed by atoms with Crippen LogP contribution in [-0.4, -0.2) is 18.0 Å². The Hall–Kier alpha value is -3.67. The van der Waals surface area contributed by atoms with Crippen LogP contribution in [0.4, 0.5) is 20.6 Å². The number of rotatable bonds is 7. The van der Waals surface area contributed by atoms with Gasteiger partial charge in [0.15, 0.2) is 0 Å². The first kappa shape index (κ1) is 21.0. The molecule has 0 aromatic heterocycles. The lowest BCUT2D eigenvalue weighted by atomic mass is 10.1. The Morgan fingerprint density at radius 3 is 2.23 bits per heavy atom. The average Bonchev–Trinajstić information content (AvgIpc) is 2.74. The Labute approximate surface area is 175 Å². The van der Waals surface area contributed by atoms with E-state index in [0.29, 0.717) is 17.8 Å². The molecule has 5 nitrogen and oxygen atoms in total. The SMILES string of the molecule is CCc1ccc(NC(=O)C(Cc2ccccc2)NC(=O)Nc2cccc(F)c2)cc1. The van der Waals surface area contributed by atoms with Crippen molar-refractivity contribution < 1.29 is 14.0 Å². The Morgan fingerprint density at radius 1 is 0.833 bits per heavy atom. The number of aryl methyl sites for hydroxylation is 1. The number of hydrogen-bond donors (Lipinski definition) is 3. The molecule has 0 heterocycles. The van der Waals surface area contributed by atoms with Crippen molar-refractivity contribution in [3.8, 4) is 0 Å². The third kappa shape index (κ3) is 6.17. The topological polar surface area (TPSA) is 70.2 Å². The molecule has 0 saturated carbocycles. The number of anilines is 2. The van der Waals surface area contributed by atoms with Crippen molar-refractivity contribution in [3.05, 3.63) is 95.8 Å². The molecule has 154 valence electrons. The first-order valence-corrected chi connectivity index (χ1v) is 9.80. The molecule has 0 fully saturated rings. The fraction of sp³-hybridized carbons (Fsp3) is 0.167. The van der Waals surface area contributed by atoms with E-state index in [1.807, 2.05) is 54.6 Å². The molecule has 6 heteroatoms. The van der Waals surface area contributed by atoms with Gasteiger partial charge < -0.3 is 16.0 Å². The van der Waals surface area contributed by atoms with E-state index in [1.165, 1.54) is 23.8 Å². The fourth-order valence-corrected chi connectivity index (χ4v) is 3.00. The van der Waals surface area contributed by atoms with Gasteiger partial charge in [-0.25, -0.2) is 9.18 Å². The molecule has 1 unspecified atom stereocenters. The summed E-state index contributed by atoms with van der Waals surface area (Å²) in [5.74, 6) is -0.792. The summed E-state index contributed by atoms with van der Waals surface area (Å²) in [6.45, 7) is 2.06. The zero-order chi connectivity index (χ0) is 21.3. The normalized spacial score (nSPS) is 11.4. The van der Waals surface area contributed by atoms with E-state index < -0.39 is 17.9 Å². The highest BCUT2D eigenvalue weighted by Gasteiger charge is 2.21. The summed E-state index contributed by atoms with van der Waals surface area (Å²) in [6.07, 6.45) is 1.23. The molecule has 0 bridgehead atoms. The van der Waals surface area contributed by atoms with Crippen molar-refractivity contribution in [1.29, 1.82) is 0 Å². The zero-order valence-electron chi connectivity index (χ0n) is 16.7. The van der Waals surface area contributed by atoms with Gasteiger partial charge in [-0.2, -0.15) is 0 Å². The highest BCUT2D eigenvalue weighted by atomic mass is 19.1. The molecule has 0 aliphatic carbocycles. The molecule has 0 aliphatic rings. The summed E-state index contributed by atoms with van der Waals surface area (Å²) in [5, 5.41) is 8.10. The monoisotopic (exact) mass is 405 g/mol. The minimum absolute atomic E-state index is 0.307. The van der Waals surface area contributed by atoms with Gasteiger partial charge in [0, 0.05) is 17.8 Å². The second-order valence-corrected chi connectivity index (χ2v) is 6.89. The lowest BCUT2D eigenvalue weighted by Gasteiger charge is -2.19. The summed E-state index contributed by atoms with van der Waals surface area (Å²) >= 11 is 0. The van der Waals surface area contributed by atoms with Crippen molar-refractivity contribution in [2.45, 2.75) is 25.8 Å². The molecule has 3 N–H and O–H groups in total. The lowest BCUT2D eigenvalue weighted by molar-refractivity contribution is -0.117. The first-order chi connectivity index (χ1) is 14.5. The predicted octanol–water partition coefficient (Wildman–Crippen LogP) is 4.76. The molecular weight excluding hydrogens is 381 g/mol. The number of halogens is 1.